The van der Waals surface area contributed by atoms with Gasteiger partial charge in [-0.25, -0.2) is 10.4 Å². The van der Waals surface area contributed by atoms with Gasteiger partial charge in [0.15, 0.2) is 0 Å². The minimum atomic E-state index is -0.205. The number of hydrogen-bond donors (Lipinski definition) is 2. The summed E-state index contributed by atoms with van der Waals surface area (Å²) in [4.78, 5) is 20.5. The van der Waals surface area contributed by atoms with E-state index in [-0.39, 0.29) is 12.5 Å². The first-order valence-corrected chi connectivity index (χ1v) is 10.1. The Balaban J connectivity index is 1.41. The Morgan fingerprint density at radius 3 is 2.65 bits per heavy atom. The van der Waals surface area contributed by atoms with Crippen LogP contribution in [0.2, 0.25) is 0 Å². The summed E-state index contributed by atoms with van der Waals surface area (Å²) in [5.41, 5.74) is 8.46. The van der Waals surface area contributed by atoms with Crippen molar-refractivity contribution in [3.8, 4) is 11.3 Å². The third kappa shape index (κ3) is 3.59. The van der Waals surface area contributed by atoms with Gasteiger partial charge in [0.05, 0.1) is 22.9 Å². The average Bonchev–Trinajstić information content (AvgIpc) is 3.32. The number of nitrogens with one attached hydrogen (secondary N) is 2. The van der Waals surface area contributed by atoms with Gasteiger partial charge in [0, 0.05) is 16.5 Å². The Hall–Kier alpha value is -4.19. The minimum absolute atomic E-state index is 0.156. The number of nitrogens with zero attached hydrogens (tertiary/aromatic N) is 3. The van der Waals surface area contributed by atoms with Gasteiger partial charge < -0.3 is 9.55 Å². The number of hydrogen-bond acceptors (Lipinski definition) is 3. The lowest BCUT2D eigenvalue weighted by Crippen LogP contribution is -2.23. The molecule has 31 heavy (non-hydrogen) atoms. The van der Waals surface area contributed by atoms with Crippen molar-refractivity contribution < 1.29 is 4.79 Å². The normalized spacial score (nSPS) is 11.5. The number of fused-ring (bicyclic) bond motifs is 2. The lowest BCUT2D eigenvalue weighted by atomic mass is 10.1. The fourth-order valence-electron chi connectivity index (χ4n) is 3.87. The predicted molar refractivity (Wildman–Crippen MR) is 124 cm³/mol. The number of H-pyrrole nitrogens is 1. The summed E-state index contributed by atoms with van der Waals surface area (Å²) in [6, 6.07) is 25.9. The van der Waals surface area contributed by atoms with Gasteiger partial charge in [0.2, 0.25) is 0 Å². The van der Waals surface area contributed by atoms with Crippen LogP contribution in [0.3, 0.4) is 0 Å². The molecule has 0 saturated heterocycles. The molecule has 0 fully saturated rings. The first-order valence-electron chi connectivity index (χ1n) is 10.1. The van der Waals surface area contributed by atoms with Gasteiger partial charge in [-0.05, 0) is 30.7 Å². The number of carbonyl (C=O) groups excluding carboxylic acids is 1. The molecule has 0 atom stereocenters. The zero-order valence-electron chi connectivity index (χ0n) is 17.0. The highest BCUT2D eigenvalue weighted by atomic mass is 16.2. The molecule has 2 N–H and O–H groups in total. The van der Waals surface area contributed by atoms with Gasteiger partial charge in [0.25, 0.3) is 5.91 Å². The van der Waals surface area contributed by atoms with E-state index in [1.54, 1.807) is 6.21 Å². The van der Waals surface area contributed by atoms with E-state index in [9.17, 15) is 4.79 Å². The number of benzene rings is 3. The van der Waals surface area contributed by atoms with E-state index in [4.69, 9.17) is 0 Å². The number of amides is 1. The van der Waals surface area contributed by atoms with Gasteiger partial charge in [-0.3, -0.25) is 4.79 Å². The third-order valence-corrected chi connectivity index (χ3v) is 5.34. The van der Waals surface area contributed by atoms with Crippen LogP contribution < -0.4 is 5.43 Å². The van der Waals surface area contributed by atoms with Crippen molar-refractivity contribution in [2.24, 2.45) is 5.10 Å². The van der Waals surface area contributed by atoms with Gasteiger partial charge in [-0.15, -0.1) is 0 Å². The van der Waals surface area contributed by atoms with Crippen molar-refractivity contribution in [3.63, 3.8) is 0 Å². The van der Waals surface area contributed by atoms with Gasteiger partial charge in [-0.1, -0.05) is 60.7 Å². The zero-order valence-corrected chi connectivity index (χ0v) is 17.0. The SMILES string of the molecule is Cc1nc2ccccc2n1CC(=O)N/N=C/c1c(-c2ccccc2)[nH]c2ccccc12. The molecule has 2 aromatic heterocycles. The molecule has 0 saturated carbocycles. The van der Waals surface area contributed by atoms with E-state index in [2.05, 4.69) is 20.5 Å². The summed E-state index contributed by atoms with van der Waals surface area (Å²) in [5, 5.41) is 5.31. The molecule has 6 nitrogen and oxygen atoms in total. The smallest absolute Gasteiger partial charge is 0.260 e. The van der Waals surface area contributed by atoms with Crippen LogP contribution in [-0.2, 0) is 11.3 Å². The molecular formula is C25H21N5O. The monoisotopic (exact) mass is 407 g/mol. The Morgan fingerprint density at radius 2 is 1.77 bits per heavy atom. The Morgan fingerprint density at radius 1 is 1.03 bits per heavy atom. The minimum Gasteiger partial charge on any atom is -0.354 e. The van der Waals surface area contributed by atoms with Crippen molar-refractivity contribution in [2.45, 2.75) is 13.5 Å². The maximum absolute atomic E-state index is 12.6. The largest absolute Gasteiger partial charge is 0.354 e. The summed E-state index contributed by atoms with van der Waals surface area (Å²) in [5.74, 6) is 0.590. The molecule has 0 radical (unpaired) electrons. The van der Waals surface area contributed by atoms with Crippen LogP contribution in [0.5, 0.6) is 0 Å². The summed E-state index contributed by atoms with van der Waals surface area (Å²) >= 11 is 0. The number of rotatable bonds is 5. The molecule has 152 valence electrons. The molecule has 5 aromatic rings. The van der Waals surface area contributed by atoms with E-state index in [1.807, 2.05) is 90.4 Å². The summed E-state index contributed by atoms with van der Waals surface area (Å²) in [6.07, 6.45) is 1.71. The zero-order chi connectivity index (χ0) is 21.2. The highest BCUT2D eigenvalue weighted by Crippen LogP contribution is 2.28. The molecule has 3 aromatic carbocycles. The quantitative estimate of drug-likeness (QED) is 0.329. The Bertz CT molecular complexity index is 1410. The topological polar surface area (TPSA) is 75.1 Å². The highest BCUT2D eigenvalue weighted by molar-refractivity contribution is 6.06. The standard InChI is InChI=1S/C25H21N5O/c1-17-27-22-13-7-8-14-23(22)30(17)16-24(31)29-26-15-20-19-11-5-6-12-21(19)28-25(20)18-9-3-2-4-10-18/h2-15,28H,16H2,1H3,(H,29,31)/b26-15+. The second kappa shape index (κ2) is 7.91. The molecule has 0 bridgehead atoms. The number of carbonyl (C=O) groups is 1. The number of aromatic amines is 1. The van der Waals surface area contributed by atoms with E-state index < -0.39 is 0 Å². The van der Waals surface area contributed by atoms with E-state index in [0.29, 0.717) is 0 Å². The maximum atomic E-state index is 12.6. The van der Waals surface area contributed by atoms with Crippen LogP contribution in [0.15, 0.2) is 84.0 Å². The van der Waals surface area contributed by atoms with Crippen LogP contribution in [-0.4, -0.2) is 26.7 Å². The van der Waals surface area contributed by atoms with Gasteiger partial charge >= 0.3 is 0 Å². The number of aromatic nitrogens is 3. The molecule has 0 aliphatic heterocycles. The fraction of sp³-hybridized carbons (Fsp3) is 0.0800. The second-order valence-corrected chi connectivity index (χ2v) is 7.35. The van der Waals surface area contributed by atoms with Crippen LogP contribution in [0.4, 0.5) is 0 Å². The van der Waals surface area contributed by atoms with Crippen molar-refractivity contribution in [1.29, 1.82) is 0 Å². The van der Waals surface area contributed by atoms with E-state index >= 15 is 0 Å². The van der Waals surface area contributed by atoms with Gasteiger partial charge in [0.1, 0.15) is 12.4 Å². The number of imidazole rings is 1. The average molecular weight is 407 g/mol. The molecule has 1 amide bonds. The number of hydrazone groups is 1. The van der Waals surface area contributed by atoms with Crippen molar-refractivity contribution >= 4 is 34.1 Å². The van der Waals surface area contributed by atoms with Crippen LogP contribution in [0.25, 0.3) is 33.2 Å². The van der Waals surface area contributed by atoms with Crippen molar-refractivity contribution in [3.05, 3.63) is 90.3 Å². The molecule has 6 heteroatoms. The maximum Gasteiger partial charge on any atom is 0.260 e. The summed E-state index contributed by atoms with van der Waals surface area (Å²) in [7, 11) is 0. The van der Waals surface area contributed by atoms with Gasteiger partial charge in [-0.2, -0.15) is 5.10 Å². The lowest BCUT2D eigenvalue weighted by molar-refractivity contribution is -0.121. The molecule has 0 spiro atoms. The summed E-state index contributed by atoms with van der Waals surface area (Å²) < 4.78 is 1.89. The molecular weight excluding hydrogens is 386 g/mol. The Kier molecular flexibility index (Phi) is 4.80. The van der Waals surface area contributed by atoms with Crippen molar-refractivity contribution in [1.82, 2.24) is 20.0 Å². The van der Waals surface area contributed by atoms with Crippen molar-refractivity contribution in [2.75, 3.05) is 0 Å². The lowest BCUT2D eigenvalue weighted by Gasteiger charge is -2.05. The molecule has 2 heterocycles. The van der Waals surface area contributed by atoms with Crippen LogP contribution in [0.1, 0.15) is 11.4 Å². The molecule has 0 aliphatic carbocycles. The predicted octanol–water partition coefficient (Wildman–Crippen LogP) is 4.64. The second-order valence-electron chi connectivity index (χ2n) is 7.35. The fourth-order valence-corrected chi connectivity index (χ4v) is 3.87. The van der Waals surface area contributed by atoms with E-state index in [0.717, 1.165) is 44.6 Å². The van der Waals surface area contributed by atoms with E-state index in [1.165, 1.54) is 0 Å². The van der Waals surface area contributed by atoms with Crippen LogP contribution >= 0.6 is 0 Å². The molecule has 0 aliphatic rings. The first kappa shape index (κ1) is 18.8. The van der Waals surface area contributed by atoms with Crippen LogP contribution in [0, 0.1) is 6.92 Å². The highest BCUT2D eigenvalue weighted by Gasteiger charge is 2.12. The summed E-state index contributed by atoms with van der Waals surface area (Å²) in [6.45, 7) is 2.05. The molecule has 0 unspecified atom stereocenters. The molecule has 5 rings (SSSR count). The Labute approximate surface area is 179 Å². The number of para-hydroxylation sites is 3. The number of aryl methyl sites for hydroxylation is 1. The third-order valence-electron chi connectivity index (χ3n) is 5.34. The first-order chi connectivity index (χ1) is 15.2.